The maximum Gasteiger partial charge on any atom is 0.305 e. The predicted octanol–water partition coefficient (Wildman–Crippen LogP) is 5.77. The molecular formula is C20H34O3. The minimum absolute atomic E-state index is 0.0898. The van der Waals surface area contributed by atoms with Crippen molar-refractivity contribution < 1.29 is 13.9 Å². The molecule has 0 amide bonds. The number of ether oxygens (including phenoxy) is 1. The molecule has 3 heteroatoms. The van der Waals surface area contributed by atoms with Gasteiger partial charge in [0.1, 0.15) is 11.5 Å². The molecule has 0 aliphatic rings. The van der Waals surface area contributed by atoms with Crippen molar-refractivity contribution >= 4 is 5.97 Å². The molecule has 0 unspecified atom stereocenters. The van der Waals surface area contributed by atoms with Crippen molar-refractivity contribution in [3.63, 3.8) is 0 Å². The van der Waals surface area contributed by atoms with E-state index in [0.717, 1.165) is 31.4 Å². The summed E-state index contributed by atoms with van der Waals surface area (Å²) >= 11 is 0. The molecule has 0 atom stereocenters. The number of esters is 1. The smallest absolute Gasteiger partial charge is 0.305 e. The highest BCUT2D eigenvalue weighted by atomic mass is 16.5. The molecule has 0 aliphatic heterocycles. The van der Waals surface area contributed by atoms with Crippen LogP contribution in [0.5, 0.6) is 0 Å². The molecule has 0 spiro atoms. The molecule has 1 heterocycles. The van der Waals surface area contributed by atoms with Crippen LogP contribution >= 0.6 is 0 Å². The van der Waals surface area contributed by atoms with Gasteiger partial charge in [-0.05, 0) is 37.8 Å². The quantitative estimate of drug-likeness (QED) is 0.342. The zero-order chi connectivity index (χ0) is 16.9. The third-order valence-corrected chi connectivity index (χ3v) is 4.36. The first-order chi connectivity index (χ1) is 11.2. The van der Waals surface area contributed by atoms with E-state index in [-0.39, 0.29) is 5.97 Å². The number of hydrogen-bond acceptors (Lipinski definition) is 3. The molecule has 132 valence electrons. The van der Waals surface area contributed by atoms with Crippen LogP contribution in [0.2, 0.25) is 0 Å². The third-order valence-electron chi connectivity index (χ3n) is 4.36. The van der Waals surface area contributed by atoms with E-state index >= 15 is 0 Å². The van der Waals surface area contributed by atoms with Gasteiger partial charge < -0.3 is 9.15 Å². The van der Waals surface area contributed by atoms with Crippen LogP contribution in [0.25, 0.3) is 0 Å². The van der Waals surface area contributed by atoms with E-state index in [2.05, 4.69) is 24.7 Å². The third kappa shape index (κ3) is 8.83. The van der Waals surface area contributed by atoms with Crippen molar-refractivity contribution in [2.45, 2.75) is 90.9 Å². The van der Waals surface area contributed by atoms with Crippen molar-refractivity contribution in [3.8, 4) is 0 Å². The van der Waals surface area contributed by atoms with Crippen LogP contribution < -0.4 is 0 Å². The Morgan fingerprint density at radius 1 is 1.00 bits per heavy atom. The Hall–Kier alpha value is -1.25. The van der Waals surface area contributed by atoms with E-state index in [1.807, 2.05) is 0 Å². The van der Waals surface area contributed by atoms with Crippen molar-refractivity contribution in [3.05, 3.63) is 23.2 Å². The van der Waals surface area contributed by atoms with Gasteiger partial charge in [-0.3, -0.25) is 4.79 Å². The monoisotopic (exact) mass is 322 g/mol. The van der Waals surface area contributed by atoms with Crippen molar-refractivity contribution in [2.75, 3.05) is 7.11 Å². The average Bonchev–Trinajstić information content (AvgIpc) is 2.90. The van der Waals surface area contributed by atoms with Gasteiger partial charge in [0.15, 0.2) is 0 Å². The summed E-state index contributed by atoms with van der Waals surface area (Å²) in [6, 6.07) is 2.22. The van der Waals surface area contributed by atoms with Crippen LogP contribution in [-0.4, -0.2) is 13.1 Å². The Labute approximate surface area is 141 Å². The Morgan fingerprint density at radius 2 is 1.65 bits per heavy atom. The molecule has 0 fully saturated rings. The SMILES string of the molecule is CCCCCc1cc(C)c(CCCCCCCCC(=O)OC)o1. The van der Waals surface area contributed by atoms with Crippen LogP contribution in [0.3, 0.4) is 0 Å². The zero-order valence-electron chi connectivity index (χ0n) is 15.3. The largest absolute Gasteiger partial charge is 0.469 e. The minimum Gasteiger partial charge on any atom is -0.469 e. The second-order valence-corrected chi connectivity index (χ2v) is 6.47. The minimum atomic E-state index is -0.0898. The molecule has 1 rings (SSSR count). The summed E-state index contributed by atoms with van der Waals surface area (Å²) in [5.41, 5.74) is 1.31. The van der Waals surface area contributed by atoms with Crippen LogP contribution in [0.15, 0.2) is 10.5 Å². The Kier molecular flexibility index (Phi) is 10.5. The van der Waals surface area contributed by atoms with E-state index in [4.69, 9.17) is 4.42 Å². The lowest BCUT2D eigenvalue weighted by molar-refractivity contribution is -0.140. The highest BCUT2D eigenvalue weighted by Crippen LogP contribution is 2.19. The van der Waals surface area contributed by atoms with Gasteiger partial charge in [0.05, 0.1) is 7.11 Å². The van der Waals surface area contributed by atoms with Crippen LogP contribution in [-0.2, 0) is 22.4 Å². The lowest BCUT2D eigenvalue weighted by Crippen LogP contribution is -1.99. The summed E-state index contributed by atoms with van der Waals surface area (Å²) in [5.74, 6) is 2.25. The first-order valence-corrected chi connectivity index (χ1v) is 9.32. The van der Waals surface area contributed by atoms with Crippen molar-refractivity contribution in [2.24, 2.45) is 0 Å². The van der Waals surface area contributed by atoms with Gasteiger partial charge in [0.25, 0.3) is 0 Å². The van der Waals surface area contributed by atoms with E-state index in [9.17, 15) is 4.79 Å². The van der Waals surface area contributed by atoms with Gasteiger partial charge in [0, 0.05) is 19.3 Å². The zero-order valence-corrected chi connectivity index (χ0v) is 15.3. The molecule has 1 aromatic heterocycles. The van der Waals surface area contributed by atoms with Gasteiger partial charge in [-0.2, -0.15) is 0 Å². The molecule has 3 nitrogen and oxygen atoms in total. The van der Waals surface area contributed by atoms with Gasteiger partial charge in [-0.25, -0.2) is 0 Å². The van der Waals surface area contributed by atoms with E-state index < -0.39 is 0 Å². The summed E-state index contributed by atoms with van der Waals surface area (Å²) in [4.78, 5) is 11.0. The number of aryl methyl sites for hydroxylation is 3. The average molecular weight is 322 g/mol. The van der Waals surface area contributed by atoms with Crippen molar-refractivity contribution in [1.29, 1.82) is 0 Å². The molecule has 0 saturated heterocycles. The second-order valence-electron chi connectivity index (χ2n) is 6.47. The highest BCUT2D eigenvalue weighted by Gasteiger charge is 2.07. The summed E-state index contributed by atoms with van der Waals surface area (Å²) in [6.07, 6.45) is 13.4. The number of carbonyl (C=O) groups is 1. The molecule has 0 bridgehead atoms. The molecule has 0 saturated carbocycles. The van der Waals surface area contributed by atoms with E-state index in [1.54, 1.807) is 0 Å². The normalized spacial score (nSPS) is 10.9. The number of carbonyl (C=O) groups excluding carboxylic acids is 1. The first-order valence-electron chi connectivity index (χ1n) is 9.32. The van der Waals surface area contributed by atoms with Gasteiger partial charge >= 0.3 is 5.97 Å². The van der Waals surface area contributed by atoms with Gasteiger partial charge in [-0.1, -0.05) is 45.4 Å². The summed E-state index contributed by atoms with van der Waals surface area (Å²) < 4.78 is 10.6. The predicted molar refractivity (Wildman–Crippen MR) is 94.7 cm³/mol. The van der Waals surface area contributed by atoms with Gasteiger partial charge in [0.2, 0.25) is 0 Å². The fourth-order valence-corrected chi connectivity index (χ4v) is 2.87. The molecule has 0 aliphatic carbocycles. The number of methoxy groups -OCH3 is 1. The maximum absolute atomic E-state index is 11.0. The standard InChI is InChI=1S/C20H34O3/c1-4-5-10-13-18-16-17(2)19(23-18)14-11-8-6-7-9-12-15-20(21)22-3/h16H,4-15H2,1-3H3. The summed E-state index contributed by atoms with van der Waals surface area (Å²) in [6.45, 7) is 4.39. The molecule has 0 N–H and O–H groups in total. The number of furan rings is 1. The summed E-state index contributed by atoms with van der Waals surface area (Å²) in [7, 11) is 1.45. The number of hydrogen-bond donors (Lipinski definition) is 0. The number of unbranched alkanes of at least 4 members (excludes halogenated alkanes) is 7. The Morgan fingerprint density at radius 3 is 2.35 bits per heavy atom. The van der Waals surface area contributed by atoms with Crippen molar-refractivity contribution in [1.82, 2.24) is 0 Å². The molecule has 1 aromatic rings. The Bertz CT molecular complexity index is 434. The molecular weight excluding hydrogens is 288 g/mol. The highest BCUT2D eigenvalue weighted by molar-refractivity contribution is 5.68. The van der Waals surface area contributed by atoms with E-state index in [0.29, 0.717) is 6.42 Å². The van der Waals surface area contributed by atoms with Crippen LogP contribution in [0.1, 0.15) is 88.2 Å². The van der Waals surface area contributed by atoms with E-state index in [1.165, 1.54) is 63.4 Å². The number of rotatable bonds is 13. The lowest BCUT2D eigenvalue weighted by Gasteiger charge is -2.02. The topological polar surface area (TPSA) is 39.4 Å². The molecule has 23 heavy (non-hydrogen) atoms. The molecule has 0 radical (unpaired) electrons. The summed E-state index contributed by atoms with van der Waals surface area (Å²) in [5, 5.41) is 0. The fourth-order valence-electron chi connectivity index (χ4n) is 2.87. The second kappa shape index (κ2) is 12.2. The Balaban J connectivity index is 2.08. The van der Waals surface area contributed by atoms with Gasteiger partial charge in [-0.15, -0.1) is 0 Å². The lowest BCUT2D eigenvalue weighted by atomic mass is 10.1. The van der Waals surface area contributed by atoms with Crippen LogP contribution in [0.4, 0.5) is 0 Å². The molecule has 0 aromatic carbocycles. The van der Waals surface area contributed by atoms with Crippen LogP contribution in [0, 0.1) is 6.92 Å². The maximum atomic E-state index is 11.0. The fraction of sp³-hybridized carbons (Fsp3) is 0.750. The first kappa shape index (κ1) is 19.8.